The molecule has 1 heterocycles. The molecule has 1 atom stereocenters. The van der Waals surface area contributed by atoms with Crippen molar-refractivity contribution < 1.29 is 26.4 Å². The number of amides is 1. The summed E-state index contributed by atoms with van der Waals surface area (Å²) in [4.78, 5) is 13.3. The number of ether oxygens (including phenoxy) is 1. The molecule has 0 radical (unpaired) electrons. The number of carbonyl (C=O) groups is 1. The molecule has 1 aliphatic heterocycles. The lowest BCUT2D eigenvalue weighted by molar-refractivity contribution is -0.122. The van der Waals surface area contributed by atoms with Crippen LogP contribution < -0.4 is 10.0 Å². The van der Waals surface area contributed by atoms with Gasteiger partial charge in [-0.15, -0.1) is 0 Å². The fraction of sp³-hybridized carbons (Fsp3) is 0.269. The molecule has 37 heavy (non-hydrogen) atoms. The molecule has 196 valence electrons. The minimum absolute atomic E-state index is 0.0675. The van der Waals surface area contributed by atoms with E-state index >= 15 is 0 Å². The zero-order chi connectivity index (χ0) is 26.3. The Kier molecular flexibility index (Phi) is 8.72. The van der Waals surface area contributed by atoms with Crippen LogP contribution >= 0.6 is 0 Å². The highest BCUT2D eigenvalue weighted by molar-refractivity contribution is 7.89. The number of hydrogen-bond acceptors (Lipinski definition) is 6. The molecule has 9 nitrogen and oxygen atoms in total. The monoisotopic (exact) mass is 543 g/mol. The highest BCUT2D eigenvalue weighted by Crippen LogP contribution is 2.18. The molecular formula is C26H29N3O6S2. The van der Waals surface area contributed by atoms with Gasteiger partial charge in [0.2, 0.25) is 26.0 Å². The van der Waals surface area contributed by atoms with Crippen LogP contribution in [0.4, 0.5) is 0 Å². The average molecular weight is 544 g/mol. The van der Waals surface area contributed by atoms with E-state index < -0.39 is 32.0 Å². The van der Waals surface area contributed by atoms with Gasteiger partial charge in [-0.2, -0.15) is 9.03 Å². The van der Waals surface area contributed by atoms with Crippen molar-refractivity contribution in [1.29, 1.82) is 0 Å². The van der Waals surface area contributed by atoms with Crippen molar-refractivity contribution in [2.24, 2.45) is 0 Å². The molecule has 3 aromatic rings. The first-order valence-electron chi connectivity index (χ1n) is 11.8. The SMILES string of the molecule is O=C(NCc1ccc(S(=O)(=O)N2CCOCC2)cc1)[C@H](Cc1ccccc1)NS(=O)(=O)c1ccccc1. The third-order valence-corrected chi connectivity index (χ3v) is 9.35. The predicted octanol–water partition coefficient (Wildman–Crippen LogP) is 1.91. The number of rotatable bonds is 10. The lowest BCUT2D eigenvalue weighted by Crippen LogP contribution is -2.47. The van der Waals surface area contributed by atoms with Crippen LogP contribution in [0, 0.1) is 0 Å². The summed E-state index contributed by atoms with van der Waals surface area (Å²) in [6, 6.07) is 22.2. The molecule has 1 amide bonds. The van der Waals surface area contributed by atoms with Gasteiger partial charge in [-0.25, -0.2) is 16.8 Å². The van der Waals surface area contributed by atoms with Gasteiger partial charge < -0.3 is 10.1 Å². The third kappa shape index (κ3) is 7.02. The number of nitrogens with zero attached hydrogens (tertiary/aromatic N) is 1. The molecule has 1 fully saturated rings. The second kappa shape index (κ2) is 12.0. The summed E-state index contributed by atoms with van der Waals surface area (Å²) >= 11 is 0. The fourth-order valence-electron chi connectivity index (χ4n) is 3.92. The van der Waals surface area contributed by atoms with Gasteiger partial charge in [0.1, 0.15) is 6.04 Å². The second-order valence-corrected chi connectivity index (χ2v) is 12.2. The first-order chi connectivity index (χ1) is 17.8. The van der Waals surface area contributed by atoms with Crippen molar-refractivity contribution in [2.75, 3.05) is 26.3 Å². The lowest BCUT2D eigenvalue weighted by atomic mass is 10.1. The minimum atomic E-state index is -3.93. The summed E-state index contributed by atoms with van der Waals surface area (Å²) in [6.45, 7) is 1.45. The fourth-order valence-corrected chi connectivity index (χ4v) is 6.54. The van der Waals surface area contributed by atoms with Gasteiger partial charge in [-0.05, 0) is 41.8 Å². The van der Waals surface area contributed by atoms with E-state index in [-0.39, 0.29) is 22.8 Å². The topological polar surface area (TPSA) is 122 Å². The number of sulfonamides is 2. The smallest absolute Gasteiger partial charge is 0.243 e. The van der Waals surface area contributed by atoms with Crippen molar-refractivity contribution in [1.82, 2.24) is 14.3 Å². The summed E-state index contributed by atoms with van der Waals surface area (Å²) < 4.78 is 60.6. The van der Waals surface area contributed by atoms with Crippen LogP contribution in [0.5, 0.6) is 0 Å². The van der Waals surface area contributed by atoms with Gasteiger partial charge in [-0.3, -0.25) is 4.79 Å². The van der Waals surface area contributed by atoms with E-state index in [2.05, 4.69) is 10.0 Å². The number of nitrogens with one attached hydrogen (secondary N) is 2. The summed E-state index contributed by atoms with van der Waals surface area (Å²) in [5.74, 6) is -0.492. The Morgan fingerprint density at radius 3 is 2.00 bits per heavy atom. The molecule has 0 aromatic heterocycles. The predicted molar refractivity (Wildman–Crippen MR) is 139 cm³/mol. The van der Waals surface area contributed by atoms with Crippen LogP contribution in [0.15, 0.2) is 94.7 Å². The molecular weight excluding hydrogens is 514 g/mol. The maximum atomic E-state index is 13.1. The second-order valence-electron chi connectivity index (χ2n) is 8.55. The van der Waals surface area contributed by atoms with Crippen molar-refractivity contribution in [3.05, 3.63) is 96.1 Å². The summed E-state index contributed by atoms with van der Waals surface area (Å²) in [6.07, 6.45) is 0.162. The van der Waals surface area contributed by atoms with E-state index in [9.17, 15) is 21.6 Å². The molecule has 0 aliphatic carbocycles. The lowest BCUT2D eigenvalue weighted by Gasteiger charge is -2.26. The van der Waals surface area contributed by atoms with Crippen molar-refractivity contribution in [3.8, 4) is 0 Å². The van der Waals surface area contributed by atoms with E-state index in [0.717, 1.165) is 5.56 Å². The van der Waals surface area contributed by atoms with Crippen LogP contribution in [-0.2, 0) is 42.5 Å². The van der Waals surface area contributed by atoms with E-state index in [1.54, 1.807) is 30.3 Å². The first-order valence-corrected chi connectivity index (χ1v) is 14.7. The van der Waals surface area contributed by atoms with Crippen LogP contribution in [0.25, 0.3) is 0 Å². The van der Waals surface area contributed by atoms with Gasteiger partial charge in [-0.1, -0.05) is 60.7 Å². The average Bonchev–Trinajstić information content (AvgIpc) is 2.93. The van der Waals surface area contributed by atoms with Crippen molar-refractivity contribution in [3.63, 3.8) is 0 Å². The molecule has 3 aromatic carbocycles. The zero-order valence-electron chi connectivity index (χ0n) is 20.1. The first kappa shape index (κ1) is 27.0. The maximum Gasteiger partial charge on any atom is 0.243 e. The van der Waals surface area contributed by atoms with Gasteiger partial charge in [0, 0.05) is 19.6 Å². The Labute approximate surface area is 217 Å². The third-order valence-electron chi connectivity index (χ3n) is 5.95. The Balaban J connectivity index is 1.45. The zero-order valence-corrected chi connectivity index (χ0v) is 21.7. The van der Waals surface area contributed by atoms with E-state index in [1.165, 1.54) is 28.6 Å². The van der Waals surface area contributed by atoms with Crippen LogP contribution in [0.3, 0.4) is 0 Å². The number of carbonyl (C=O) groups excluding carboxylic acids is 1. The molecule has 4 rings (SSSR count). The van der Waals surface area contributed by atoms with E-state index in [1.807, 2.05) is 30.3 Å². The van der Waals surface area contributed by atoms with Gasteiger partial charge in [0.05, 0.1) is 23.0 Å². The molecule has 0 spiro atoms. The number of hydrogen-bond donors (Lipinski definition) is 2. The normalized spacial score (nSPS) is 15.7. The largest absolute Gasteiger partial charge is 0.379 e. The van der Waals surface area contributed by atoms with Crippen molar-refractivity contribution >= 4 is 26.0 Å². The minimum Gasteiger partial charge on any atom is -0.379 e. The van der Waals surface area contributed by atoms with Crippen LogP contribution in [0.2, 0.25) is 0 Å². The van der Waals surface area contributed by atoms with Gasteiger partial charge >= 0.3 is 0 Å². The molecule has 1 aliphatic rings. The van der Waals surface area contributed by atoms with Crippen molar-refractivity contribution in [2.45, 2.75) is 28.8 Å². The quantitative estimate of drug-likeness (QED) is 0.403. The molecule has 0 unspecified atom stereocenters. The van der Waals surface area contributed by atoms with Crippen LogP contribution in [0.1, 0.15) is 11.1 Å². The van der Waals surface area contributed by atoms with Crippen LogP contribution in [-0.4, -0.2) is 59.4 Å². The highest BCUT2D eigenvalue weighted by atomic mass is 32.2. The molecule has 1 saturated heterocycles. The maximum absolute atomic E-state index is 13.1. The molecule has 0 saturated carbocycles. The van der Waals surface area contributed by atoms with Gasteiger partial charge in [0.15, 0.2) is 0 Å². The summed E-state index contributed by atoms with van der Waals surface area (Å²) in [5.41, 5.74) is 1.48. The highest BCUT2D eigenvalue weighted by Gasteiger charge is 2.27. The Bertz CT molecular complexity index is 1390. The standard InChI is InChI=1S/C26H29N3O6S2/c30-26(27-20-22-11-13-24(14-12-22)37(33,34)29-15-17-35-18-16-29)25(19-21-7-3-1-4-8-21)28-36(31,32)23-9-5-2-6-10-23/h1-14,25,28H,15-20H2,(H,27,30)/t25-/m0/s1. The number of morpholine rings is 1. The Morgan fingerprint density at radius 2 is 1.38 bits per heavy atom. The van der Waals surface area contributed by atoms with E-state index in [0.29, 0.717) is 31.9 Å². The van der Waals surface area contributed by atoms with E-state index in [4.69, 9.17) is 4.74 Å². The summed E-state index contributed by atoms with van der Waals surface area (Å²) in [5, 5.41) is 2.77. The Hall–Kier alpha value is -3.09. The Morgan fingerprint density at radius 1 is 0.784 bits per heavy atom. The molecule has 0 bridgehead atoms. The number of benzene rings is 3. The molecule has 11 heteroatoms. The summed E-state index contributed by atoms with van der Waals surface area (Å²) in [7, 11) is -7.55. The molecule has 2 N–H and O–H groups in total. The van der Waals surface area contributed by atoms with Gasteiger partial charge in [0.25, 0.3) is 0 Å².